The van der Waals surface area contributed by atoms with E-state index in [1.807, 2.05) is 36.6 Å². The molecule has 31 heavy (non-hydrogen) atoms. The number of aromatic nitrogens is 1. The van der Waals surface area contributed by atoms with Crippen LogP contribution in [0.2, 0.25) is 5.02 Å². The number of benzene rings is 1. The number of carbonyl (C=O) groups excluding carboxylic acids is 1. The summed E-state index contributed by atoms with van der Waals surface area (Å²) in [6, 6.07) is 6.42. The predicted octanol–water partition coefficient (Wildman–Crippen LogP) is 3.80. The van der Waals surface area contributed by atoms with Crippen LogP contribution in [-0.4, -0.2) is 29.9 Å². The van der Waals surface area contributed by atoms with Crippen LogP contribution >= 0.6 is 22.9 Å². The minimum Gasteiger partial charge on any atom is -0.346 e. The summed E-state index contributed by atoms with van der Waals surface area (Å²) in [4.78, 5) is 17.4. The maximum Gasteiger partial charge on any atom is 0.333 e. The summed E-state index contributed by atoms with van der Waals surface area (Å²) in [6.45, 7) is 2.03. The molecule has 1 aromatic heterocycles. The summed E-state index contributed by atoms with van der Waals surface area (Å²) in [5, 5.41) is 6.42. The molecule has 3 N–H and O–H groups in total. The molecule has 0 aliphatic heterocycles. The number of allylic oxidation sites excluding steroid dienone is 1. The van der Waals surface area contributed by atoms with Crippen LogP contribution < -0.4 is 10.0 Å². The fourth-order valence-electron chi connectivity index (χ4n) is 3.24. The van der Waals surface area contributed by atoms with E-state index >= 15 is 0 Å². The molecule has 2 atom stereocenters. The van der Waals surface area contributed by atoms with Gasteiger partial charge in [0.25, 0.3) is 0 Å². The number of nitrogens with one attached hydrogen (secondary N) is 2. The Balaban J connectivity index is 1.71. The number of rotatable bonds is 9. The van der Waals surface area contributed by atoms with E-state index in [2.05, 4.69) is 15.0 Å². The van der Waals surface area contributed by atoms with Crippen LogP contribution in [0.3, 0.4) is 0 Å². The number of aryl methyl sites for hydroxylation is 1. The van der Waals surface area contributed by atoms with Gasteiger partial charge in [-0.15, -0.1) is 11.3 Å². The van der Waals surface area contributed by atoms with E-state index in [0.717, 1.165) is 28.3 Å². The van der Waals surface area contributed by atoms with E-state index in [0.29, 0.717) is 17.9 Å². The van der Waals surface area contributed by atoms with Gasteiger partial charge in [-0.2, -0.15) is 13.1 Å². The predicted molar refractivity (Wildman–Crippen MR) is 122 cm³/mol. The van der Waals surface area contributed by atoms with Crippen molar-refractivity contribution < 1.29 is 17.8 Å². The number of hydrogen-bond acceptors (Lipinski definition) is 5. The highest BCUT2D eigenvalue weighted by Crippen LogP contribution is 2.28. The zero-order valence-electron chi connectivity index (χ0n) is 16.9. The van der Waals surface area contributed by atoms with Gasteiger partial charge in [-0.3, -0.25) is 9.35 Å². The zero-order chi connectivity index (χ0) is 22.4. The molecule has 10 heteroatoms. The van der Waals surface area contributed by atoms with Crippen LogP contribution in [0.25, 0.3) is 0 Å². The van der Waals surface area contributed by atoms with Crippen LogP contribution in [0.1, 0.15) is 42.1 Å². The van der Waals surface area contributed by atoms with E-state index in [9.17, 15) is 13.2 Å². The Hall–Kier alpha value is -2.04. The topological polar surface area (TPSA) is 108 Å². The van der Waals surface area contributed by atoms with E-state index in [1.165, 1.54) is 11.3 Å². The highest BCUT2D eigenvalue weighted by molar-refractivity contribution is 7.83. The second kappa shape index (κ2) is 10.5. The normalized spacial score (nSPS) is 17.3. The van der Waals surface area contributed by atoms with Crippen LogP contribution in [0.5, 0.6) is 0 Å². The van der Waals surface area contributed by atoms with E-state index in [1.54, 1.807) is 18.2 Å². The van der Waals surface area contributed by atoms with Gasteiger partial charge in [0.15, 0.2) is 0 Å². The number of thiazole rings is 1. The second-order valence-corrected chi connectivity index (χ2v) is 9.68. The summed E-state index contributed by atoms with van der Waals surface area (Å²) in [7, 11) is -4.26. The van der Waals surface area contributed by atoms with Crippen molar-refractivity contribution in [2.75, 3.05) is 0 Å². The lowest BCUT2D eigenvalue weighted by atomic mass is 9.98. The molecule has 0 bridgehead atoms. The van der Waals surface area contributed by atoms with Gasteiger partial charge >= 0.3 is 10.3 Å². The molecular weight excluding hydrogens is 458 g/mol. The van der Waals surface area contributed by atoms with Gasteiger partial charge in [0.05, 0.1) is 18.2 Å². The summed E-state index contributed by atoms with van der Waals surface area (Å²) in [6.07, 6.45) is 7.27. The van der Waals surface area contributed by atoms with E-state index < -0.39 is 16.3 Å². The lowest BCUT2D eigenvalue weighted by Gasteiger charge is -2.21. The van der Waals surface area contributed by atoms with Crippen molar-refractivity contribution in [1.82, 2.24) is 15.0 Å². The molecule has 0 saturated heterocycles. The van der Waals surface area contributed by atoms with Crippen molar-refractivity contribution in [1.29, 1.82) is 0 Å². The molecule has 1 aliphatic carbocycles. The molecule has 1 aliphatic rings. The Morgan fingerprint density at radius 1 is 1.39 bits per heavy atom. The maximum absolute atomic E-state index is 12.7. The average molecular weight is 482 g/mol. The highest BCUT2D eigenvalue weighted by atomic mass is 35.5. The smallest absolute Gasteiger partial charge is 0.333 e. The highest BCUT2D eigenvalue weighted by Gasteiger charge is 2.22. The van der Waals surface area contributed by atoms with E-state index in [-0.39, 0.29) is 18.4 Å². The number of halogens is 1. The SMILES string of the molecule is CCc1csc([C@H](CC2=CCC(NS(=O)(=O)O)C=C2)NC(=O)Cc2ccccc2Cl)n1. The maximum atomic E-state index is 12.7. The molecule has 2 aromatic rings. The lowest BCUT2D eigenvalue weighted by Crippen LogP contribution is -2.33. The summed E-state index contributed by atoms with van der Waals surface area (Å²) in [5.74, 6) is -0.155. The number of amides is 1. The van der Waals surface area contributed by atoms with Gasteiger partial charge in [0, 0.05) is 16.4 Å². The fourth-order valence-corrected chi connectivity index (χ4v) is 4.95. The van der Waals surface area contributed by atoms with Crippen molar-refractivity contribution in [3.63, 3.8) is 0 Å². The minimum absolute atomic E-state index is 0.155. The Kier molecular flexibility index (Phi) is 8.01. The minimum atomic E-state index is -4.26. The summed E-state index contributed by atoms with van der Waals surface area (Å²) < 4.78 is 33.1. The molecule has 0 radical (unpaired) electrons. The van der Waals surface area contributed by atoms with Gasteiger partial charge in [-0.25, -0.2) is 4.98 Å². The first-order valence-electron chi connectivity index (χ1n) is 9.82. The molecule has 0 spiro atoms. The Morgan fingerprint density at radius 2 is 2.16 bits per heavy atom. The van der Waals surface area contributed by atoms with Crippen LogP contribution in [-0.2, 0) is 27.9 Å². The largest absolute Gasteiger partial charge is 0.346 e. The Bertz CT molecular complexity index is 1100. The monoisotopic (exact) mass is 481 g/mol. The first-order chi connectivity index (χ1) is 14.7. The van der Waals surface area contributed by atoms with Crippen molar-refractivity contribution in [3.05, 3.63) is 74.7 Å². The molecule has 1 amide bonds. The zero-order valence-corrected chi connectivity index (χ0v) is 19.3. The van der Waals surface area contributed by atoms with Gasteiger partial charge in [0.2, 0.25) is 5.91 Å². The van der Waals surface area contributed by atoms with Crippen LogP contribution in [0.15, 0.2) is 53.4 Å². The van der Waals surface area contributed by atoms with Gasteiger partial charge in [-0.05, 0) is 36.5 Å². The first kappa shape index (κ1) is 23.6. The third kappa shape index (κ3) is 7.26. The second-order valence-electron chi connectivity index (χ2n) is 7.20. The molecule has 7 nitrogen and oxygen atoms in total. The molecule has 1 heterocycles. The number of hydrogen-bond donors (Lipinski definition) is 3. The van der Waals surface area contributed by atoms with Gasteiger partial charge < -0.3 is 5.32 Å². The number of carbonyl (C=O) groups is 1. The van der Waals surface area contributed by atoms with Gasteiger partial charge in [0.1, 0.15) is 5.01 Å². The molecule has 0 saturated carbocycles. The van der Waals surface area contributed by atoms with Crippen LogP contribution in [0.4, 0.5) is 0 Å². The van der Waals surface area contributed by atoms with Crippen molar-refractivity contribution in [2.45, 2.75) is 44.7 Å². The van der Waals surface area contributed by atoms with Gasteiger partial charge in [-0.1, -0.05) is 55.0 Å². The molecule has 1 unspecified atom stereocenters. The Labute approximate surface area is 191 Å². The molecular formula is C21H24ClN3O4S2. The summed E-state index contributed by atoms with van der Waals surface area (Å²) in [5.41, 5.74) is 2.67. The quantitative estimate of drug-likeness (QED) is 0.472. The van der Waals surface area contributed by atoms with Crippen molar-refractivity contribution >= 4 is 39.1 Å². The molecule has 3 rings (SSSR count). The number of nitrogens with zero attached hydrogens (tertiary/aromatic N) is 1. The van der Waals surface area contributed by atoms with E-state index in [4.69, 9.17) is 16.2 Å². The first-order valence-corrected chi connectivity index (χ1v) is 12.5. The molecule has 0 fully saturated rings. The Morgan fingerprint density at radius 3 is 2.77 bits per heavy atom. The fraction of sp³-hybridized carbons (Fsp3) is 0.333. The molecule has 166 valence electrons. The third-order valence-corrected chi connectivity index (χ3v) is 6.77. The van der Waals surface area contributed by atoms with Crippen LogP contribution in [0, 0.1) is 0 Å². The standard InChI is InChI=1S/C21H24ClN3O4S2/c1-2-16-13-30-21(23-16)19(24-20(26)12-15-5-3-4-6-18(15)22)11-14-7-9-17(10-8-14)25-31(27,28)29/h3-9,13,17,19,25H,2,10-12H2,1H3,(H,24,26)(H,27,28,29)/t17?,19-/m0/s1. The van der Waals surface area contributed by atoms with Crippen molar-refractivity contribution in [2.24, 2.45) is 0 Å². The third-order valence-electron chi connectivity index (χ3n) is 4.79. The molecule has 1 aromatic carbocycles. The average Bonchev–Trinajstić information content (AvgIpc) is 3.19. The summed E-state index contributed by atoms with van der Waals surface area (Å²) >= 11 is 7.69. The van der Waals surface area contributed by atoms with Crippen molar-refractivity contribution in [3.8, 4) is 0 Å². The lowest BCUT2D eigenvalue weighted by molar-refractivity contribution is -0.121.